The summed E-state index contributed by atoms with van der Waals surface area (Å²) in [6, 6.07) is 5.18. The standard InChI is InChI=1S/C8H8N2O2S2/c11-14(12)4-6-3-7(9-5-13)1-2-8(6)10-14/h1-3,5,10H,4H2,(H,9,13). The van der Waals surface area contributed by atoms with E-state index in [1.165, 1.54) is 5.55 Å². The Morgan fingerprint density at radius 3 is 3.00 bits per heavy atom. The third-order valence-electron chi connectivity index (χ3n) is 1.91. The second kappa shape index (κ2) is 3.29. The maximum absolute atomic E-state index is 11.2. The van der Waals surface area contributed by atoms with E-state index in [1.807, 2.05) is 0 Å². The second-order valence-electron chi connectivity index (χ2n) is 2.95. The Balaban J connectivity index is 2.45. The minimum Gasteiger partial charge on any atom is -0.283 e. The number of benzene rings is 1. The van der Waals surface area contributed by atoms with E-state index < -0.39 is 10.0 Å². The van der Waals surface area contributed by atoms with Gasteiger partial charge in [0.05, 0.1) is 22.7 Å². The van der Waals surface area contributed by atoms with E-state index in [-0.39, 0.29) is 5.75 Å². The zero-order chi connectivity index (χ0) is 10.2. The Morgan fingerprint density at radius 2 is 2.29 bits per heavy atom. The van der Waals surface area contributed by atoms with Gasteiger partial charge in [0, 0.05) is 0 Å². The molecule has 6 heteroatoms. The molecule has 0 aliphatic carbocycles. The first-order valence-electron chi connectivity index (χ1n) is 3.91. The highest BCUT2D eigenvalue weighted by molar-refractivity contribution is 7.94. The number of fused-ring (bicyclic) bond motifs is 1. The molecule has 1 aromatic carbocycles. The number of thiol groups is 1. The van der Waals surface area contributed by atoms with Gasteiger partial charge < -0.3 is 0 Å². The molecule has 1 aliphatic heterocycles. The Morgan fingerprint density at radius 1 is 1.50 bits per heavy atom. The van der Waals surface area contributed by atoms with Crippen LogP contribution >= 0.6 is 12.6 Å². The highest BCUT2D eigenvalue weighted by atomic mass is 32.2. The number of hydrogen-bond donors (Lipinski definition) is 2. The summed E-state index contributed by atoms with van der Waals surface area (Å²) in [5.74, 6) is 0.0261. The second-order valence-corrected chi connectivity index (χ2v) is 4.90. The summed E-state index contributed by atoms with van der Waals surface area (Å²) in [6.45, 7) is 0. The van der Waals surface area contributed by atoms with Gasteiger partial charge in [-0.3, -0.25) is 9.71 Å². The molecule has 74 valence electrons. The number of anilines is 1. The van der Waals surface area contributed by atoms with Crippen LogP contribution in [0.3, 0.4) is 0 Å². The van der Waals surface area contributed by atoms with E-state index >= 15 is 0 Å². The molecule has 0 bridgehead atoms. The molecule has 2 rings (SSSR count). The monoisotopic (exact) mass is 228 g/mol. The van der Waals surface area contributed by atoms with Gasteiger partial charge in [-0.1, -0.05) is 0 Å². The molecule has 0 unspecified atom stereocenters. The predicted molar refractivity (Wildman–Crippen MR) is 59.8 cm³/mol. The first kappa shape index (κ1) is 9.54. The number of nitrogens with one attached hydrogen (secondary N) is 1. The Labute approximate surface area is 87.5 Å². The van der Waals surface area contributed by atoms with Crippen molar-refractivity contribution in [3.8, 4) is 0 Å². The van der Waals surface area contributed by atoms with Gasteiger partial charge in [-0.25, -0.2) is 8.42 Å². The lowest BCUT2D eigenvalue weighted by molar-refractivity contribution is 0.602. The van der Waals surface area contributed by atoms with E-state index in [4.69, 9.17) is 0 Å². The van der Waals surface area contributed by atoms with Crippen LogP contribution in [-0.2, 0) is 15.8 Å². The van der Waals surface area contributed by atoms with Crippen LogP contribution in [0, 0.1) is 0 Å². The molecule has 1 N–H and O–H groups in total. The van der Waals surface area contributed by atoms with Crippen LogP contribution in [0.2, 0.25) is 0 Å². The average molecular weight is 228 g/mol. The van der Waals surface area contributed by atoms with Crippen molar-refractivity contribution in [1.82, 2.24) is 0 Å². The first-order valence-corrected chi connectivity index (χ1v) is 6.08. The zero-order valence-electron chi connectivity index (χ0n) is 7.14. The summed E-state index contributed by atoms with van der Waals surface area (Å²) < 4.78 is 24.8. The smallest absolute Gasteiger partial charge is 0.237 e. The summed E-state index contributed by atoms with van der Waals surface area (Å²) in [4.78, 5) is 3.95. The van der Waals surface area contributed by atoms with Crippen LogP contribution < -0.4 is 4.72 Å². The Hall–Kier alpha value is -1.01. The largest absolute Gasteiger partial charge is 0.283 e. The van der Waals surface area contributed by atoms with Crippen molar-refractivity contribution >= 4 is 39.6 Å². The van der Waals surface area contributed by atoms with Crippen LogP contribution in [0.15, 0.2) is 23.2 Å². The molecule has 0 amide bonds. The fourth-order valence-electron chi connectivity index (χ4n) is 1.35. The van der Waals surface area contributed by atoms with Crippen molar-refractivity contribution in [2.75, 3.05) is 4.72 Å². The van der Waals surface area contributed by atoms with E-state index in [0.29, 0.717) is 11.4 Å². The molecular weight excluding hydrogens is 220 g/mol. The summed E-state index contributed by atoms with van der Waals surface area (Å²) in [6.07, 6.45) is 0. The van der Waals surface area contributed by atoms with E-state index in [2.05, 4.69) is 22.3 Å². The highest BCUT2D eigenvalue weighted by Crippen LogP contribution is 2.30. The summed E-state index contributed by atoms with van der Waals surface area (Å²) in [5.41, 5.74) is 3.47. The molecule has 0 spiro atoms. The lowest BCUT2D eigenvalue weighted by Crippen LogP contribution is -2.05. The Bertz CT molecular complexity index is 494. The summed E-state index contributed by atoms with van der Waals surface area (Å²) >= 11 is 3.85. The van der Waals surface area contributed by atoms with Crippen LogP contribution in [-0.4, -0.2) is 14.0 Å². The number of hydrogen-bond acceptors (Lipinski definition) is 3. The third kappa shape index (κ3) is 1.76. The molecule has 0 fully saturated rings. The molecule has 0 aromatic heterocycles. The molecule has 14 heavy (non-hydrogen) atoms. The quantitative estimate of drug-likeness (QED) is 0.435. The highest BCUT2D eigenvalue weighted by Gasteiger charge is 2.23. The topological polar surface area (TPSA) is 58.5 Å². The molecular formula is C8H8N2O2S2. The van der Waals surface area contributed by atoms with E-state index in [9.17, 15) is 8.42 Å². The fraction of sp³-hybridized carbons (Fsp3) is 0.125. The molecule has 0 radical (unpaired) electrons. The maximum atomic E-state index is 11.2. The normalized spacial score (nSPS) is 18.1. The minimum atomic E-state index is -3.16. The van der Waals surface area contributed by atoms with Crippen molar-refractivity contribution in [3.63, 3.8) is 0 Å². The van der Waals surface area contributed by atoms with Gasteiger partial charge >= 0.3 is 0 Å². The van der Waals surface area contributed by atoms with Gasteiger partial charge in [-0.2, -0.15) is 0 Å². The third-order valence-corrected chi connectivity index (χ3v) is 3.24. The summed E-state index contributed by atoms with van der Waals surface area (Å²) in [7, 11) is -3.16. The van der Waals surface area contributed by atoms with Crippen LogP contribution in [0.25, 0.3) is 0 Å². The van der Waals surface area contributed by atoms with Crippen molar-refractivity contribution in [2.24, 2.45) is 4.99 Å². The SMILES string of the molecule is O=S1(=O)Cc2cc(N=CS)ccc2N1. The van der Waals surface area contributed by atoms with Gasteiger partial charge in [-0.15, -0.1) is 12.6 Å². The molecule has 4 nitrogen and oxygen atoms in total. The first-order chi connectivity index (χ1) is 6.61. The lowest BCUT2D eigenvalue weighted by atomic mass is 10.2. The zero-order valence-corrected chi connectivity index (χ0v) is 8.85. The molecule has 0 atom stereocenters. The average Bonchev–Trinajstić information content (AvgIpc) is 2.38. The molecule has 1 aliphatic rings. The maximum Gasteiger partial charge on any atom is 0.237 e. The number of rotatable bonds is 1. The summed E-state index contributed by atoms with van der Waals surface area (Å²) in [5, 5.41) is 0. The van der Waals surface area contributed by atoms with Crippen molar-refractivity contribution in [3.05, 3.63) is 23.8 Å². The van der Waals surface area contributed by atoms with Crippen LogP contribution in [0.5, 0.6) is 0 Å². The van der Waals surface area contributed by atoms with Gasteiger partial charge in [0.2, 0.25) is 10.0 Å². The fourth-order valence-corrected chi connectivity index (χ4v) is 2.74. The van der Waals surface area contributed by atoms with Crippen LogP contribution in [0.4, 0.5) is 11.4 Å². The van der Waals surface area contributed by atoms with Crippen molar-refractivity contribution in [1.29, 1.82) is 0 Å². The van der Waals surface area contributed by atoms with Crippen LogP contribution in [0.1, 0.15) is 5.56 Å². The van der Waals surface area contributed by atoms with Gasteiger partial charge in [0.15, 0.2) is 0 Å². The Kier molecular flexibility index (Phi) is 2.24. The molecule has 1 aromatic rings. The van der Waals surface area contributed by atoms with E-state index in [0.717, 1.165) is 5.56 Å². The van der Waals surface area contributed by atoms with Gasteiger partial charge in [0.1, 0.15) is 0 Å². The van der Waals surface area contributed by atoms with Crippen molar-refractivity contribution in [2.45, 2.75) is 5.75 Å². The molecule has 0 saturated heterocycles. The van der Waals surface area contributed by atoms with E-state index in [1.54, 1.807) is 18.2 Å². The number of aliphatic imine (C=N–C) groups is 1. The van der Waals surface area contributed by atoms with Gasteiger partial charge in [0.25, 0.3) is 0 Å². The lowest BCUT2D eigenvalue weighted by Gasteiger charge is -1.97. The van der Waals surface area contributed by atoms with Crippen molar-refractivity contribution < 1.29 is 8.42 Å². The number of sulfonamides is 1. The predicted octanol–water partition coefficient (Wildman–Crippen LogP) is 1.53. The molecule has 0 saturated carbocycles. The van der Waals surface area contributed by atoms with Gasteiger partial charge in [-0.05, 0) is 23.8 Å². The number of nitrogens with zero attached hydrogens (tertiary/aromatic N) is 1. The molecule has 1 heterocycles. The minimum absolute atomic E-state index is 0.0261.